The summed E-state index contributed by atoms with van der Waals surface area (Å²) in [6.45, 7) is 2.52. The molecular weight excluding hydrogens is 280 g/mol. The lowest BCUT2D eigenvalue weighted by molar-refractivity contribution is -0.121. The van der Waals surface area contributed by atoms with Gasteiger partial charge in [-0.3, -0.25) is 9.59 Å². The van der Waals surface area contributed by atoms with E-state index < -0.39 is 0 Å². The molecule has 0 saturated heterocycles. The summed E-state index contributed by atoms with van der Waals surface area (Å²) in [5.74, 6) is 0.584. The number of nitrogens with one attached hydrogen (secondary N) is 2. The van der Waals surface area contributed by atoms with Crippen LogP contribution in [0.25, 0.3) is 0 Å². The minimum absolute atomic E-state index is 0.0458. The summed E-state index contributed by atoms with van der Waals surface area (Å²) in [5, 5.41) is 5.57. The minimum atomic E-state index is -0.151. The maximum atomic E-state index is 11.8. The molecule has 0 unspecified atom stereocenters. The van der Waals surface area contributed by atoms with Gasteiger partial charge in [0.15, 0.2) is 0 Å². The number of benzene rings is 1. The normalized spacial score (nSPS) is 13.6. The fourth-order valence-electron chi connectivity index (χ4n) is 2.01. The van der Waals surface area contributed by atoms with Gasteiger partial charge in [-0.15, -0.1) is 0 Å². The van der Waals surface area contributed by atoms with E-state index in [4.69, 9.17) is 4.74 Å². The van der Waals surface area contributed by atoms with Crippen LogP contribution in [-0.4, -0.2) is 38.1 Å². The Morgan fingerprint density at radius 1 is 1.09 bits per heavy atom. The van der Waals surface area contributed by atoms with Gasteiger partial charge in [-0.1, -0.05) is 18.2 Å². The molecule has 1 fully saturated rings. The van der Waals surface area contributed by atoms with E-state index in [0.717, 1.165) is 18.9 Å². The van der Waals surface area contributed by atoms with Gasteiger partial charge in [0.25, 0.3) is 5.91 Å². The van der Waals surface area contributed by atoms with E-state index in [-0.39, 0.29) is 11.8 Å². The summed E-state index contributed by atoms with van der Waals surface area (Å²) in [4.78, 5) is 23.4. The summed E-state index contributed by atoms with van der Waals surface area (Å²) in [6.07, 6.45) is 3.72. The summed E-state index contributed by atoms with van der Waals surface area (Å²) >= 11 is 0. The third kappa shape index (κ3) is 6.72. The third-order valence-corrected chi connectivity index (χ3v) is 3.51. The minimum Gasteiger partial charge on any atom is -0.381 e. The highest BCUT2D eigenvalue weighted by molar-refractivity contribution is 5.94. The highest BCUT2D eigenvalue weighted by Gasteiger charge is 2.20. The molecule has 1 aliphatic carbocycles. The molecule has 0 aliphatic heterocycles. The second-order valence-electron chi connectivity index (χ2n) is 5.59. The number of hydrogen-bond donors (Lipinski definition) is 2. The van der Waals surface area contributed by atoms with Crippen molar-refractivity contribution >= 4 is 11.8 Å². The van der Waals surface area contributed by atoms with E-state index in [1.54, 1.807) is 12.1 Å². The molecule has 1 aromatic rings. The Balaban J connectivity index is 1.45. The molecule has 5 heteroatoms. The van der Waals surface area contributed by atoms with Crippen LogP contribution in [0.2, 0.25) is 0 Å². The van der Waals surface area contributed by atoms with Crippen LogP contribution in [-0.2, 0) is 9.53 Å². The lowest BCUT2D eigenvalue weighted by atomic mass is 10.2. The van der Waals surface area contributed by atoms with Crippen molar-refractivity contribution in [1.29, 1.82) is 0 Å². The van der Waals surface area contributed by atoms with Gasteiger partial charge in [0.05, 0.1) is 0 Å². The Hall–Kier alpha value is -1.88. The van der Waals surface area contributed by atoms with Gasteiger partial charge in [-0.25, -0.2) is 0 Å². The third-order valence-electron chi connectivity index (χ3n) is 3.51. The standard InChI is InChI=1S/C17H24N2O3/c20-16(18-10-4-12-22-13-14-7-8-14)9-11-19-17(21)15-5-2-1-3-6-15/h1-3,5-6,14H,4,7-13H2,(H,18,20)(H,19,21). The van der Waals surface area contributed by atoms with E-state index in [1.807, 2.05) is 18.2 Å². The van der Waals surface area contributed by atoms with Crippen LogP contribution in [0, 0.1) is 5.92 Å². The molecule has 0 heterocycles. The van der Waals surface area contributed by atoms with Gasteiger partial charge < -0.3 is 15.4 Å². The second kappa shape index (κ2) is 9.20. The molecule has 0 spiro atoms. The number of carbonyl (C=O) groups excluding carboxylic acids is 2. The zero-order valence-corrected chi connectivity index (χ0v) is 12.8. The molecule has 0 radical (unpaired) electrons. The fourth-order valence-corrected chi connectivity index (χ4v) is 2.01. The summed E-state index contributed by atoms with van der Waals surface area (Å²) in [7, 11) is 0. The molecule has 0 aromatic heterocycles. The monoisotopic (exact) mass is 304 g/mol. The van der Waals surface area contributed by atoms with E-state index >= 15 is 0 Å². The lowest BCUT2D eigenvalue weighted by Gasteiger charge is -2.07. The molecule has 0 atom stereocenters. The Morgan fingerprint density at radius 3 is 2.59 bits per heavy atom. The predicted molar refractivity (Wildman–Crippen MR) is 84.6 cm³/mol. The molecule has 22 heavy (non-hydrogen) atoms. The molecule has 0 bridgehead atoms. The van der Waals surface area contributed by atoms with Crippen molar-refractivity contribution in [3.63, 3.8) is 0 Å². The molecule has 2 rings (SSSR count). The van der Waals surface area contributed by atoms with Gasteiger partial charge >= 0.3 is 0 Å². The zero-order valence-electron chi connectivity index (χ0n) is 12.8. The Kier molecular flexibility index (Phi) is 6.90. The average Bonchev–Trinajstić information content (AvgIpc) is 3.35. The fraction of sp³-hybridized carbons (Fsp3) is 0.529. The smallest absolute Gasteiger partial charge is 0.251 e. The second-order valence-corrected chi connectivity index (χ2v) is 5.59. The average molecular weight is 304 g/mol. The van der Waals surface area contributed by atoms with Gasteiger partial charge in [0, 0.05) is 38.3 Å². The number of amides is 2. The van der Waals surface area contributed by atoms with Crippen LogP contribution in [0.1, 0.15) is 36.0 Å². The van der Waals surface area contributed by atoms with Crippen molar-refractivity contribution in [1.82, 2.24) is 10.6 Å². The lowest BCUT2D eigenvalue weighted by Crippen LogP contribution is -2.31. The molecule has 2 N–H and O–H groups in total. The van der Waals surface area contributed by atoms with Crippen LogP contribution < -0.4 is 10.6 Å². The SMILES string of the molecule is O=C(CCNC(=O)c1ccccc1)NCCCOCC1CC1. The molecule has 2 amide bonds. The Morgan fingerprint density at radius 2 is 1.86 bits per heavy atom. The number of ether oxygens (including phenoxy) is 1. The van der Waals surface area contributed by atoms with Gasteiger partial charge in [-0.2, -0.15) is 0 Å². The topological polar surface area (TPSA) is 67.4 Å². The van der Waals surface area contributed by atoms with Crippen molar-refractivity contribution in [3.8, 4) is 0 Å². The number of hydrogen-bond acceptors (Lipinski definition) is 3. The van der Waals surface area contributed by atoms with Crippen molar-refractivity contribution < 1.29 is 14.3 Å². The summed E-state index contributed by atoms with van der Waals surface area (Å²) in [6, 6.07) is 8.98. The molecule has 1 saturated carbocycles. The maximum Gasteiger partial charge on any atom is 0.251 e. The van der Waals surface area contributed by atoms with Crippen LogP contribution in [0.15, 0.2) is 30.3 Å². The Bertz CT molecular complexity index is 472. The summed E-state index contributed by atoms with van der Waals surface area (Å²) < 4.78 is 5.49. The first kappa shape index (κ1) is 16.5. The predicted octanol–water partition coefficient (Wildman–Crippen LogP) is 1.74. The molecule has 1 aliphatic rings. The molecule has 1 aromatic carbocycles. The van der Waals surface area contributed by atoms with Crippen LogP contribution >= 0.6 is 0 Å². The van der Waals surface area contributed by atoms with Crippen LogP contribution in [0.5, 0.6) is 0 Å². The quantitative estimate of drug-likeness (QED) is 0.647. The van der Waals surface area contributed by atoms with E-state index in [2.05, 4.69) is 10.6 Å². The maximum absolute atomic E-state index is 11.8. The number of rotatable bonds is 10. The first-order chi connectivity index (χ1) is 10.8. The van der Waals surface area contributed by atoms with Gasteiger partial charge in [0.1, 0.15) is 0 Å². The van der Waals surface area contributed by atoms with Crippen LogP contribution in [0.4, 0.5) is 0 Å². The van der Waals surface area contributed by atoms with Crippen molar-refractivity contribution in [3.05, 3.63) is 35.9 Å². The van der Waals surface area contributed by atoms with E-state index in [1.165, 1.54) is 12.8 Å². The van der Waals surface area contributed by atoms with E-state index in [0.29, 0.717) is 31.7 Å². The van der Waals surface area contributed by atoms with E-state index in [9.17, 15) is 9.59 Å². The van der Waals surface area contributed by atoms with Gasteiger partial charge in [-0.05, 0) is 37.3 Å². The van der Waals surface area contributed by atoms with Crippen molar-refractivity contribution in [2.45, 2.75) is 25.7 Å². The highest BCUT2D eigenvalue weighted by atomic mass is 16.5. The van der Waals surface area contributed by atoms with Gasteiger partial charge in [0.2, 0.25) is 5.91 Å². The highest BCUT2D eigenvalue weighted by Crippen LogP contribution is 2.28. The van der Waals surface area contributed by atoms with Crippen molar-refractivity contribution in [2.24, 2.45) is 5.92 Å². The Labute approximate surface area is 131 Å². The molecule has 5 nitrogen and oxygen atoms in total. The first-order valence-electron chi connectivity index (χ1n) is 7.93. The molecule has 120 valence electrons. The zero-order chi connectivity index (χ0) is 15.6. The largest absolute Gasteiger partial charge is 0.381 e. The summed E-state index contributed by atoms with van der Waals surface area (Å²) in [5.41, 5.74) is 0.607. The first-order valence-corrected chi connectivity index (χ1v) is 7.93. The molecular formula is C17H24N2O3. The van der Waals surface area contributed by atoms with Crippen molar-refractivity contribution in [2.75, 3.05) is 26.3 Å². The van der Waals surface area contributed by atoms with Crippen LogP contribution in [0.3, 0.4) is 0 Å². The number of carbonyl (C=O) groups is 2.